The SMILES string of the molecule is FC(F)(F)c1cc([C@H](c2ccsc2)N2CCNCC2)cc(C(F)(F)F)c1. The molecule has 0 saturated carbocycles. The van der Waals surface area contributed by atoms with Gasteiger partial charge in [0.25, 0.3) is 0 Å². The van der Waals surface area contributed by atoms with Gasteiger partial charge in [0.2, 0.25) is 0 Å². The molecule has 0 aliphatic carbocycles. The number of halogens is 6. The van der Waals surface area contributed by atoms with E-state index < -0.39 is 29.5 Å². The summed E-state index contributed by atoms with van der Waals surface area (Å²) >= 11 is 1.36. The number of hydrogen-bond acceptors (Lipinski definition) is 3. The molecule has 1 aromatic carbocycles. The Labute approximate surface area is 150 Å². The third-order valence-corrected chi connectivity index (χ3v) is 5.00. The van der Waals surface area contributed by atoms with Crippen molar-refractivity contribution in [1.29, 1.82) is 0 Å². The van der Waals surface area contributed by atoms with Gasteiger partial charge in [-0.3, -0.25) is 4.90 Å². The molecule has 9 heteroatoms. The molecule has 2 heterocycles. The molecule has 1 aliphatic rings. The van der Waals surface area contributed by atoms with E-state index in [0.29, 0.717) is 31.7 Å². The maximum atomic E-state index is 13.2. The lowest BCUT2D eigenvalue weighted by Gasteiger charge is -2.35. The van der Waals surface area contributed by atoms with Gasteiger partial charge in [-0.15, -0.1) is 0 Å². The van der Waals surface area contributed by atoms with E-state index >= 15 is 0 Å². The summed E-state index contributed by atoms with van der Waals surface area (Å²) in [7, 11) is 0. The summed E-state index contributed by atoms with van der Waals surface area (Å²) in [5.74, 6) is 0. The monoisotopic (exact) mass is 394 g/mol. The summed E-state index contributed by atoms with van der Waals surface area (Å²) in [4.78, 5) is 1.91. The van der Waals surface area contributed by atoms with Crippen molar-refractivity contribution in [1.82, 2.24) is 10.2 Å². The number of rotatable bonds is 3. The van der Waals surface area contributed by atoms with Gasteiger partial charge in [-0.05, 0) is 46.2 Å². The molecule has 1 atom stereocenters. The second-order valence-electron chi connectivity index (χ2n) is 6.08. The van der Waals surface area contributed by atoms with E-state index in [2.05, 4.69) is 5.32 Å². The molecule has 3 rings (SSSR count). The smallest absolute Gasteiger partial charge is 0.314 e. The molecule has 0 spiro atoms. The van der Waals surface area contributed by atoms with Crippen molar-refractivity contribution in [2.45, 2.75) is 18.4 Å². The lowest BCUT2D eigenvalue weighted by molar-refractivity contribution is -0.143. The average molecular weight is 394 g/mol. The van der Waals surface area contributed by atoms with Gasteiger partial charge in [-0.2, -0.15) is 37.7 Å². The molecule has 1 aliphatic heterocycles. The standard InChI is InChI=1S/C17H16F6N2S/c18-16(19,20)13-7-12(8-14(9-13)17(21,22)23)15(11-1-6-26-10-11)25-4-2-24-3-5-25/h1,6-10,15,24H,2-5H2/t15-/m0/s1. The Morgan fingerprint density at radius 2 is 1.46 bits per heavy atom. The summed E-state index contributed by atoms with van der Waals surface area (Å²) in [6, 6.07) is 2.93. The predicted molar refractivity (Wildman–Crippen MR) is 87.1 cm³/mol. The highest BCUT2D eigenvalue weighted by Crippen LogP contribution is 2.40. The molecule has 1 aromatic heterocycles. The van der Waals surface area contributed by atoms with Crippen LogP contribution in [0.15, 0.2) is 35.0 Å². The Kier molecular flexibility index (Phi) is 5.32. The fourth-order valence-corrected chi connectivity index (χ4v) is 3.80. The number of piperazine rings is 1. The van der Waals surface area contributed by atoms with Crippen LogP contribution in [-0.2, 0) is 12.4 Å². The average Bonchev–Trinajstić information content (AvgIpc) is 3.08. The lowest BCUT2D eigenvalue weighted by Crippen LogP contribution is -2.45. The molecule has 1 N–H and O–H groups in total. The Balaban J connectivity index is 2.13. The zero-order valence-electron chi connectivity index (χ0n) is 13.5. The second kappa shape index (κ2) is 7.21. The predicted octanol–water partition coefficient (Wildman–Crippen LogP) is 4.78. The van der Waals surface area contributed by atoms with E-state index in [4.69, 9.17) is 0 Å². The first kappa shape index (κ1) is 19.2. The first-order valence-electron chi connectivity index (χ1n) is 7.92. The number of alkyl halides is 6. The van der Waals surface area contributed by atoms with Crippen molar-refractivity contribution >= 4 is 11.3 Å². The molecule has 0 radical (unpaired) electrons. The molecule has 0 bridgehead atoms. The van der Waals surface area contributed by atoms with Gasteiger partial charge in [0.05, 0.1) is 17.2 Å². The Morgan fingerprint density at radius 1 is 0.885 bits per heavy atom. The molecular weight excluding hydrogens is 378 g/mol. The van der Waals surface area contributed by atoms with Crippen LogP contribution < -0.4 is 5.32 Å². The molecule has 0 amide bonds. The molecule has 0 unspecified atom stereocenters. The van der Waals surface area contributed by atoms with Crippen LogP contribution in [0.3, 0.4) is 0 Å². The van der Waals surface area contributed by atoms with Crippen LogP contribution in [0.4, 0.5) is 26.3 Å². The molecule has 26 heavy (non-hydrogen) atoms. The minimum Gasteiger partial charge on any atom is -0.314 e. The Bertz CT molecular complexity index is 700. The zero-order chi connectivity index (χ0) is 18.9. The molecule has 1 fully saturated rings. The number of thiophene rings is 1. The van der Waals surface area contributed by atoms with Gasteiger partial charge >= 0.3 is 12.4 Å². The second-order valence-corrected chi connectivity index (χ2v) is 6.86. The first-order chi connectivity index (χ1) is 12.2. The van der Waals surface area contributed by atoms with Crippen LogP contribution in [0.1, 0.15) is 28.3 Å². The third-order valence-electron chi connectivity index (χ3n) is 4.30. The quantitative estimate of drug-likeness (QED) is 0.754. The van der Waals surface area contributed by atoms with E-state index in [9.17, 15) is 26.3 Å². The van der Waals surface area contributed by atoms with E-state index in [1.54, 1.807) is 16.8 Å². The van der Waals surface area contributed by atoms with Gasteiger partial charge in [0, 0.05) is 26.2 Å². The highest BCUT2D eigenvalue weighted by molar-refractivity contribution is 7.08. The number of benzene rings is 1. The number of nitrogens with one attached hydrogen (secondary N) is 1. The van der Waals surface area contributed by atoms with Crippen molar-refractivity contribution in [3.05, 3.63) is 57.3 Å². The topological polar surface area (TPSA) is 15.3 Å². The molecule has 1 saturated heterocycles. The van der Waals surface area contributed by atoms with Crippen LogP contribution in [0.2, 0.25) is 0 Å². The third kappa shape index (κ3) is 4.21. The van der Waals surface area contributed by atoms with E-state index in [0.717, 1.165) is 12.1 Å². The van der Waals surface area contributed by atoms with Gasteiger partial charge in [0.15, 0.2) is 0 Å². The summed E-state index contributed by atoms with van der Waals surface area (Å²) in [5, 5.41) is 6.67. The van der Waals surface area contributed by atoms with Crippen LogP contribution in [0, 0.1) is 0 Å². The van der Waals surface area contributed by atoms with Crippen LogP contribution >= 0.6 is 11.3 Å². The van der Waals surface area contributed by atoms with E-state index in [1.165, 1.54) is 11.3 Å². The maximum Gasteiger partial charge on any atom is 0.416 e. The van der Waals surface area contributed by atoms with E-state index in [1.807, 2.05) is 4.90 Å². The van der Waals surface area contributed by atoms with Crippen LogP contribution in [0.25, 0.3) is 0 Å². The lowest BCUT2D eigenvalue weighted by atomic mass is 9.94. The fraction of sp³-hybridized carbons (Fsp3) is 0.412. The molecule has 142 valence electrons. The zero-order valence-corrected chi connectivity index (χ0v) is 14.3. The molecular formula is C17H16F6N2S. The van der Waals surface area contributed by atoms with Crippen molar-refractivity contribution < 1.29 is 26.3 Å². The van der Waals surface area contributed by atoms with Crippen molar-refractivity contribution in [2.24, 2.45) is 0 Å². The first-order valence-corrected chi connectivity index (χ1v) is 8.87. The van der Waals surface area contributed by atoms with Gasteiger partial charge in [-0.25, -0.2) is 0 Å². The molecule has 2 nitrogen and oxygen atoms in total. The summed E-state index contributed by atoms with van der Waals surface area (Å²) in [5.41, 5.74) is -1.85. The maximum absolute atomic E-state index is 13.2. The van der Waals surface area contributed by atoms with Crippen molar-refractivity contribution in [3.63, 3.8) is 0 Å². The highest BCUT2D eigenvalue weighted by atomic mass is 32.1. The Hall–Kier alpha value is -1.58. The van der Waals surface area contributed by atoms with Crippen LogP contribution in [0.5, 0.6) is 0 Å². The largest absolute Gasteiger partial charge is 0.416 e. The number of hydrogen-bond donors (Lipinski definition) is 1. The van der Waals surface area contributed by atoms with Gasteiger partial charge in [-0.1, -0.05) is 0 Å². The number of nitrogens with zero attached hydrogens (tertiary/aromatic N) is 1. The highest BCUT2D eigenvalue weighted by Gasteiger charge is 2.38. The normalized spacial score (nSPS) is 18.1. The summed E-state index contributed by atoms with van der Waals surface area (Å²) in [6.45, 7) is 2.34. The molecule has 2 aromatic rings. The summed E-state index contributed by atoms with van der Waals surface area (Å²) in [6.07, 6.45) is -9.70. The summed E-state index contributed by atoms with van der Waals surface area (Å²) < 4.78 is 79.2. The van der Waals surface area contributed by atoms with Crippen molar-refractivity contribution in [3.8, 4) is 0 Å². The minimum absolute atomic E-state index is 0.00690. The van der Waals surface area contributed by atoms with Crippen molar-refractivity contribution in [2.75, 3.05) is 26.2 Å². The fourth-order valence-electron chi connectivity index (χ4n) is 3.12. The van der Waals surface area contributed by atoms with E-state index in [-0.39, 0.29) is 11.6 Å². The van der Waals surface area contributed by atoms with Crippen LogP contribution in [-0.4, -0.2) is 31.1 Å². The Morgan fingerprint density at radius 3 is 1.92 bits per heavy atom. The minimum atomic E-state index is -4.85. The van der Waals surface area contributed by atoms with Gasteiger partial charge < -0.3 is 5.32 Å². The van der Waals surface area contributed by atoms with Gasteiger partial charge in [0.1, 0.15) is 0 Å².